The van der Waals surface area contributed by atoms with Crippen molar-refractivity contribution in [1.82, 2.24) is 10.3 Å². The van der Waals surface area contributed by atoms with Crippen LogP contribution in [0.5, 0.6) is 5.75 Å². The second-order valence-electron chi connectivity index (χ2n) is 3.63. The molecule has 0 atom stereocenters. The van der Waals surface area contributed by atoms with Gasteiger partial charge in [0.1, 0.15) is 10.8 Å². The van der Waals surface area contributed by atoms with E-state index in [0.717, 1.165) is 23.8 Å². The number of nitrogens with one attached hydrogen (secondary N) is 1. The first-order chi connectivity index (χ1) is 8.33. The van der Waals surface area contributed by atoms with E-state index in [1.54, 1.807) is 18.4 Å². The molecule has 1 aromatic carbocycles. The molecule has 0 amide bonds. The Kier molecular flexibility index (Phi) is 4.12. The highest BCUT2D eigenvalue weighted by Crippen LogP contribution is 2.27. The van der Waals surface area contributed by atoms with Crippen molar-refractivity contribution in [2.45, 2.75) is 13.5 Å². The zero-order valence-electron chi connectivity index (χ0n) is 10.1. The quantitative estimate of drug-likeness (QED) is 0.883. The molecule has 2 rings (SSSR count). The van der Waals surface area contributed by atoms with Gasteiger partial charge < -0.3 is 10.1 Å². The fourth-order valence-electron chi connectivity index (χ4n) is 1.51. The number of thiazole rings is 1. The van der Waals surface area contributed by atoms with Gasteiger partial charge >= 0.3 is 0 Å². The number of hydrogen-bond donors (Lipinski definition) is 1. The number of methoxy groups -OCH3 is 1. The Morgan fingerprint density at radius 2 is 2.06 bits per heavy atom. The monoisotopic (exact) mass is 248 g/mol. The molecule has 2 aromatic rings. The van der Waals surface area contributed by atoms with E-state index < -0.39 is 0 Å². The Hall–Kier alpha value is -1.39. The predicted octanol–water partition coefficient (Wildman–Crippen LogP) is 2.93. The van der Waals surface area contributed by atoms with Gasteiger partial charge in [0.15, 0.2) is 0 Å². The first-order valence-corrected chi connectivity index (χ1v) is 6.45. The van der Waals surface area contributed by atoms with Crippen LogP contribution in [0.3, 0.4) is 0 Å². The highest BCUT2D eigenvalue weighted by Gasteiger charge is 2.04. The first-order valence-electron chi connectivity index (χ1n) is 5.63. The van der Waals surface area contributed by atoms with E-state index in [0.29, 0.717) is 0 Å². The molecule has 0 spiro atoms. The molecule has 0 saturated carbocycles. The SMILES string of the molecule is CCNCc1ncc(-c2ccc(OC)cc2)s1. The maximum absolute atomic E-state index is 5.14. The van der Waals surface area contributed by atoms with Crippen molar-refractivity contribution in [3.63, 3.8) is 0 Å². The third-order valence-corrected chi connectivity index (χ3v) is 3.50. The molecule has 0 bridgehead atoms. The van der Waals surface area contributed by atoms with Crippen LogP contribution >= 0.6 is 11.3 Å². The molecule has 0 aliphatic rings. The van der Waals surface area contributed by atoms with Crippen molar-refractivity contribution in [3.05, 3.63) is 35.5 Å². The van der Waals surface area contributed by atoms with Crippen LogP contribution < -0.4 is 10.1 Å². The number of nitrogens with zero attached hydrogens (tertiary/aromatic N) is 1. The zero-order chi connectivity index (χ0) is 12.1. The van der Waals surface area contributed by atoms with E-state index in [4.69, 9.17) is 4.74 Å². The summed E-state index contributed by atoms with van der Waals surface area (Å²) in [5, 5.41) is 4.40. The van der Waals surface area contributed by atoms with Gasteiger partial charge in [-0.25, -0.2) is 4.98 Å². The number of ether oxygens (including phenoxy) is 1. The standard InChI is InChI=1S/C13H16N2OS/c1-3-14-9-13-15-8-12(17-13)10-4-6-11(16-2)7-5-10/h4-8,14H,3,9H2,1-2H3. The molecule has 4 heteroatoms. The molecule has 1 aromatic heterocycles. The molecule has 0 fully saturated rings. The summed E-state index contributed by atoms with van der Waals surface area (Å²) in [6.07, 6.45) is 1.93. The van der Waals surface area contributed by atoms with Gasteiger partial charge in [-0.2, -0.15) is 0 Å². The molecule has 0 saturated heterocycles. The second-order valence-corrected chi connectivity index (χ2v) is 4.74. The van der Waals surface area contributed by atoms with E-state index in [2.05, 4.69) is 29.4 Å². The average Bonchev–Trinajstić information content (AvgIpc) is 2.85. The van der Waals surface area contributed by atoms with E-state index in [9.17, 15) is 0 Å². The second kappa shape index (κ2) is 5.80. The van der Waals surface area contributed by atoms with E-state index in [1.165, 1.54) is 10.4 Å². The predicted molar refractivity (Wildman–Crippen MR) is 71.5 cm³/mol. The first kappa shape index (κ1) is 12.1. The number of aromatic nitrogens is 1. The molecule has 0 aliphatic heterocycles. The molecule has 1 heterocycles. The summed E-state index contributed by atoms with van der Waals surface area (Å²) in [5.74, 6) is 0.881. The maximum atomic E-state index is 5.14. The third kappa shape index (κ3) is 3.05. The lowest BCUT2D eigenvalue weighted by molar-refractivity contribution is 0.415. The average molecular weight is 248 g/mol. The van der Waals surface area contributed by atoms with Gasteiger partial charge in [0.2, 0.25) is 0 Å². The van der Waals surface area contributed by atoms with Gasteiger partial charge in [0.05, 0.1) is 12.0 Å². The molecule has 3 nitrogen and oxygen atoms in total. The lowest BCUT2D eigenvalue weighted by Crippen LogP contribution is -2.11. The fraction of sp³-hybridized carbons (Fsp3) is 0.308. The Labute approximate surface area is 105 Å². The smallest absolute Gasteiger partial charge is 0.118 e. The number of hydrogen-bond acceptors (Lipinski definition) is 4. The molecule has 0 aliphatic carbocycles. The molecule has 0 radical (unpaired) electrons. The normalized spacial score (nSPS) is 10.5. The third-order valence-electron chi connectivity index (χ3n) is 2.45. The van der Waals surface area contributed by atoms with Crippen molar-refractivity contribution in [2.24, 2.45) is 0 Å². The highest BCUT2D eigenvalue weighted by molar-refractivity contribution is 7.15. The minimum Gasteiger partial charge on any atom is -0.497 e. The number of rotatable bonds is 5. The van der Waals surface area contributed by atoms with Crippen molar-refractivity contribution in [1.29, 1.82) is 0 Å². The van der Waals surface area contributed by atoms with Crippen molar-refractivity contribution < 1.29 is 4.74 Å². The van der Waals surface area contributed by atoms with Gasteiger partial charge in [-0.3, -0.25) is 0 Å². The summed E-state index contributed by atoms with van der Waals surface area (Å²) < 4.78 is 5.14. The van der Waals surface area contributed by atoms with Crippen molar-refractivity contribution >= 4 is 11.3 Å². The van der Waals surface area contributed by atoms with E-state index >= 15 is 0 Å². The fourth-order valence-corrected chi connectivity index (χ4v) is 2.41. The van der Waals surface area contributed by atoms with Crippen LogP contribution in [0.2, 0.25) is 0 Å². The van der Waals surface area contributed by atoms with Gasteiger partial charge in [-0.05, 0) is 36.4 Å². The Morgan fingerprint density at radius 1 is 1.29 bits per heavy atom. The lowest BCUT2D eigenvalue weighted by Gasteiger charge is -2.00. The molecule has 90 valence electrons. The molecular formula is C13H16N2OS. The molecule has 1 N–H and O–H groups in total. The summed E-state index contributed by atoms with van der Waals surface area (Å²) in [4.78, 5) is 5.59. The summed E-state index contributed by atoms with van der Waals surface area (Å²) >= 11 is 1.72. The summed E-state index contributed by atoms with van der Waals surface area (Å²) in [7, 11) is 1.68. The summed E-state index contributed by atoms with van der Waals surface area (Å²) in [6, 6.07) is 8.06. The molecule has 0 unspecified atom stereocenters. The Balaban J connectivity index is 2.12. The van der Waals surface area contributed by atoms with Crippen molar-refractivity contribution in [3.8, 4) is 16.2 Å². The van der Waals surface area contributed by atoms with Gasteiger partial charge in [0.25, 0.3) is 0 Å². The van der Waals surface area contributed by atoms with Gasteiger partial charge in [-0.1, -0.05) is 6.92 Å². The molecular weight excluding hydrogens is 232 g/mol. The Bertz CT molecular complexity index is 465. The lowest BCUT2D eigenvalue weighted by atomic mass is 10.2. The van der Waals surface area contributed by atoms with Crippen LogP contribution in [0.15, 0.2) is 30.5 Å². The van der Waals surface area contributed by atoms with Crippen LogP contribution in [-0.4, -0.2) is 18.6 Å². The highest BCUT2D eigenvalue weighted by atomic mass is 32.1. The van der Waals surface area contributed by atoms with E-state index in [1.807, 2.05) is 18.3 Å². The molecule has 17 heavy (non-hydrogen) atoms. The summed E-state index contributed by atoms with van der Waals surface area (Å²) in [6.45, 7) is 3.91. The van der Waals surface area contributed by atoms with Crippen LogP contribution in [-0.2, 0) is 6.54 Å². The van der Waals surface area contributed by atoms with Gasteiger partial charge in [-0.15, -0.1) is 11.3 Å². The minimum atomic E-state index is 0.845. The Morgan fingerprint density at radius 3 is 2.71 bits per heavy atom. The number of benzene rings is 1. The van der Waals surface area contributed by atoms with Crippen LogP contribution in [0.25, 0.3) is 10.4 Å². The van der Waals surface area contributed by atoms with Crippen LogP contribution in [0.1, 0.15) is 11.9 Å². The largest absolute Gasteiger partial charge is 0.497 e. The van der Waals surface area contributed by atoms with E-state index in [-0.39, 0.29) is 0 Å². The van der Waals surface area contributed by atoms with Crippen molar-refractivity contribution in [2.75, 3.05) is 13.7 Å². The van der Waals surface area contributed by atoms with Crippen LogP contribution in [0.4, 0.5) is 0 Å². The summed E-state index contributed by atoms with van der Waals surface area (Å²) in [5.41, 5.74) is 1.19. The van der Waals surface area contributed by atoms with Crippen LogP contribution in [0, 0.1) is 0 Å². The van der Waals surface area contributed by atoms with Gasteiger partial charge in [0, 0.05) is 12.7 Å². The maximum Gasteiger partial charge on any atom is 0.118 e. The minimum absolute atomic E-state index is 0.845. The topological polar surface area (TPSA) is 34.2 Å². The zero-order valence-corrected chi connectivity index (χ0v) is 10.9.